The van der Waals surface area contributed by atoms with Crippen LogP contribution in [0.5, 0.6) is 0 Å². The van der Waals surface area contributed by atoms with Gasteiger partial charge in [0.15, 0.2) is 5.65 Å². The summed E-state index contributed by atoms with van der Waals surface area (Å²) in [6.07, 6.45) is 4.88. The third-order valence-corrected chi connectivity index (χ3v) is 5.18. The smallest absolute Gasteiger partial charge is 0.168 e. The number of fused-ring (bicyclic) bond motifs is 1. The number of hydrogen-bond donors (Lipinski definition) is 1. The van der Waals surface area contributed by atoms with Crippen molar-refractivity contribution in [3.8, 4) is 5.69 Å². The molecule has 1 aliphatic heterocycles. The zero-order chi connectivity index (χ0) is 17.5. The molecule has 2 aromatic heterocycles. The topological polar surface area (TPSA) is 64.9 Å². The molecule has 2 fully saturated rings. The number of ether oxygens (including phenoxy) is 1. The van der Waals surface area contributed by atoms with Gasteiger partial charge in [0.25, 0.3) is 0 Å². The molecule has 0 radical (unpaired) electrons. The summed E-state index contributed by atoms with van der Waals surface area (Å²) < 4.78 is 7.69. The number of benzene rings is 1. The molecule has 1 aliphatic carbocycles. The van der Waals surface area contributed by atoms with Crippen molar-refractivity contribution in [2.75, 3.05) is 18.5 Å². The third-order valence-electron chi connectivity index (χ3n) is 5.18. The number of rotatable bonds is 5. The van der Waals surface area contributed by atoms with E-state index in [0.29, 0.717) is 5.92 Å². The lowest BCUT2D eigenvalue weighted by Crippen LogP contribution is -2.19. The first-order chi connectivity index (χ1) is 12.8. The van der Waals surface area contributed by atoms with E-state index < -0.39 is 0 Å². The molecule has 1 saturated heterocycles. The molecular weight excluding hydrogens is 326 g/mol. The van der Waals surface area contributed by atoms with Gasteiger partial charge in [0.2, 0.25) is 0 Å². The van der Waals surface area contributed by atoms with Crippen LogP contribution in [-0.4, -0.2) is 39.0 Å². The molecule has 134 valence electrons. The summed E-state index contributed by atoms with van der Waals surface area (Å²) in [6.45, 7) is 3.68. The number of aryl methyl sites for hydroxylation is 1. The molecule has 1 aromatic carbocycles. The van der Waals surface area contributed by atoms with Gasteiger partial charge >= 0.3 is 0 Å². The number of nitrogens with one attached hydrogen (secondary N) is 1. The highest BCUT2D eigenvalue weighted by Gasteiger charge is 2.29. The standard InChI is InChI=1S/C20H23N5O/c1-13-17-19(21-12-16-8-5-11-26-16)22-18(14-9-10-14)23-20(17)25(24-13)15-6-3-2-4-7-15/h2-4,6-7,14,16H,5,8-12H2,1H3,(H,21,22,23). The van der Waals surface area contributed by atoms with Crippen molar-refractivity contribution in [2.24, 2.45) is 0 Å². The van der Waals surface area contributed by atoms with Crippen molar-refractivity contribution in [3.63, 3.8) is 0 Å². The molecule has 2 aliphatic rings. The van der Waals surface area contributed by atoms with Gasteiger partial charge in [-0.1, -0.05) is 18.2 Å². The Hall–Kier alpha value is -2.47. The van der Waals surface area contributed by atoms with Crippen molar-refractivity contribution in [1.29, 1.82) is 0 Å². The minimum Gasteiger partial charge on any atom is -0.376 e. The summed E-state index contributed by atoms with van der Waals surface area (Å²) in [7, 11) is 0. The van der Waals surface area contributed by atoms with Crippen LogP contribution >= 0.6 is 0 Å². The molecule has 3 aromatic rings. The number of nitrogens with zero attached hydrogens (tertiary/aromatic N) is 4. The van der Waals surface area contributed by atoms with E-state index in [1.807, 2.05) is 29.8 Å². The number of aromatic nitrogens is 4. The molecule has 0 spiro atoms. The first kappa shape index (κ1) is 15.8. The van der Waals surface area contributed by atoms with E-state index in [1.54, 1.807) is 0 Å². The Morgan fingerprint density at radius 1 is 1.15 bits per heavy atom. The molecular formula is C20H23N5O. The highest BCUT2D eigenvalue weighted by Crippen LogP contribution is 2.40. The van der Waals surface area contributed by atoms with Crippen LogP contribution in [-0.2, 0) is 4.74 Å². The third kappa shape index (κ3) is 2.84. The maximum Gasteiger partial charge on any atom is 0.168 e. The van der Waals surface area contributed by atoms with Gasteiger partial charge in [0.05, 0.1) is 22.9 Å². The average molecular weight is 349 g/mol. The van der Waals surface area contributed by atoms with Crippen LogP contribution in [0.4, 0.5) is 5.82 Å². The van der Waals surface area contributed by atoms with Crippen molar-refractivity contribution in [2.45, 2.75) is 44.6 Å². The predicted octanol–water partition coefficient (Wildman–Crippen LogP) is 3.59. The zero-order valence-electron chi connectivity index (χ0n) is 15.0. The molecule has 6 nitrogen and oxygen atoms in total. The fourth-order valence-electron chi connectivity index (χ4n) is 3.62. The van der Waals surface area contributed by atoms with E-state index in [9.17, 15) is 0 Å². The Labute approximate surface area is 152 Å². The van der Waals surface area contributed by atoms with E-state index in [1.165, 1.54) is 12.8 Å². The van der Waals surface area contributed by atoms with Crippen LogP contribution in [0.25, 0.3) is 16.7 Å². The first-order valence-electron chi connectivity index (χ1n) is 9.48. The SMILES string of the molecule is Cc1nn(-c2ccccc2)c2nc(C3CC3)nc(NCC3CCCO3)c12. The second-order valence-electron chi connectivity index (χ2n) is 7.25. The van der Waals surface area contributed by atoms with Gasteiger partial charge in [-0.25, -0.2) is 14.6 Å². The predicted molar refractivity (Wildman–Crippen MR) is 101 cm³/mol. The molecule has 1 N–H and O–H groups in total. The Morgan fingerprint density at radius 3 is 2.73 bits per heavy atom. The maximum absolute atomic E-state index is 5.75. The van der Waals surface area contributed by atoms with E-state index in [2.05, 4.69) is 17.4 Å². The fourth-order valence-corrected chi connectivity index (χ4v) is 3.62. The number of para-hydroxylation sites is 1. The lowest BCUT2D eigenvalue weighted by atomic mass is 10.2. The highest BCUT2D eigenvalue weighted by atomic mass is 16.5. The Bertz CT molecular complexity index is 926. The van der Waals surface area contributed by atoms with E-state index in [4.69, 9.17) is 19.8 Å². The van der Waals surface area contributed by atoms with E-state index >= 15 is 0 Å². The quantitative estimate of drug-likeness (QED) is 0.762. The Morgan fingerprint density at radius 2 is 2.00 bits per heavy atom. The largest absolute Gasteiger partial charge is 0.376 e. The van der Waals surface area contributed by atoms with Gasteiger partial charge in [0, 0.05) is 19.1 Å². The van der Waals surface area contributed by atoms with Crippen LogP contribution in [0.15, 0.2) is 30.3 Å². The molecule has 1 saturated carbocycles. The maximum atomic E-state index is 5.75. The van der Waals surface area contributed by atoms with Gasteiger partial charge in [-0.15, -0.1) is 0 Å². The average Bonchev–Trinajstić information content (AvgIpc) is 3.29. The van der Waals surface area contributed by atoms with Gasteiger partial charge in [-0.3, -0.25) is 0 Å². The first-order valence-corrected chi connectivity index (χ1v) is 9.48. The van der Waals surface area contributed by atoms with Gasteiger partial charge < -0.3 is 10.1 Å². The number of hydrogen-bond acceptors (Lipinski definition) is 5. The molecule has 26 heavy (non-hydrogen) atoms. The Balaban J connectivity index is 1.60. The normalized spacial score (nSPS) is 20.0. The molecule has 0 amide bonds. The lowest BCUT2D eigenvalue weighted by molar-refractivity contribution is 0.120. The summed E-state index contributed by atoms with van der Waals surface area (Å²) in [4.78, 5) is 9.75. The van der Waals surface area contributed by atoms with Crippen molar-refractivity contribution < 1.29 is 4.74 Å². The van der Waals surface area contributed by atoms with Crippen LogP contribution in [0, 0.1) is 6.92 Å². The number of anilines is 1. The van der Waals surface area contributed by atoms with Crippen LogP contribution < -0.4 is 5.32 Å². The Kier molecular flexibility index (Phi) is 3.85. The minimum absolute atomic E-state index is 0.272. The van der Waals surface area contributed by atoms with E-state index in [0.717, 1.165) is 60.1 Å². The molecule has 0 bridgehead atoms. The van der Waals surface area contributed by atoms with Crippen LogP contribution in [0.1, 0.15) is 43.1 Å². The van der Waals surface area contributed by atoms with Crippen molar-refractivity contribution in [3.05, 3.63) is 41.9 Å². The second kappa shape index (κ2) is 6.36. The van der Waals surface area contributed by atoms with Crippen molar-refractivity contribution in [1.82, 2.24) is 19.7 Å². The molecule has 3 heterocycles. The van der Waals surface area contributed by atoms with Crippen LogP contribution in [0.3, 0.4) is 0 Å². The van der Waals surface area contributed by atoms with Gasteiger partial charge in [-0.2, -0.15) is 5.10 Å². The van der Waals surface area contributed by atoms with Gasteiger partial charge in [-0.05, 0) is 44.7 Å². The summed E-state index contributed by atoms with van der Waals surface area (Å²) in [5.74, 6) is 2.32. The summed E-state index contributed by atoms with van der Waals surface area (Å²) in [5.41, 5.74) is 2.86. The minimum atomic E-state index is 0.272. The zero-order valence-corrected chi connectivity index (χ0v) is 15.0. The van der Waals surface area contributed by atoms with Crippen molar-refractivity contribution >= 4 is 16.9 Å². The van der Waals surface area contributed by atoms with Gasteiger partial charge in [0.1, 0.15) is 11.6 Å². The lowest BCUT2D eigenvalue weighted by Gasteiger charge is -2.13. The molecule has 1 unspecified atom stereocenters. The second-order valence-corrected chi connectivity index (χ2v) is 7.25. The summed E-state index contributed by atoms with van der Waals surface area (Å²) in [5, 5.41) is 9.30. The highest BCUT2D eigenvalue weighted by molar-refractivity contribution is 5.90. The monoisotopic (exact) mass is 349 g/mol. The molecule has 5 rings (SSSR count). The van der Waals surface area contributed by atoms with Crippen LogP contribution in [0.2, 0.25) is 0 Å². The summed E-state index contributed by atoms with van der Waals surface area (Å²) in [6, 6.07) is 10.2. The fraction of sp³-hybridized carbons (Fsp3) is 0.450. The summed E-state index contributed by atoms with van der Waals surface area (Å²) >= 11 is 0. The van der Waals surface area contributed by atoms with E-state index in [-0.39, 0.29) is 6.10 Å². The molecule has 1 atom stereocenters. The molecule has 6 heteroatoms.